The Kier molecular flexibility index (Phi) is 5.96. The topological polar surface area (TPSA) is 50.4 Å². The third-order valence-electron chi connectivity index (χ3n) is 2.74. The number of urea groups is 1. The molecule has 0 unspecified atom stereocenters. The zero-order valence-corrected chi connectivity index (χ0v) is 12.6. The van der Waals surface area contributed by atoms with Crippen LogP contribution in [-0.4, -0.2) is 19.7 Å². The molecule has 0 fully saturated rings. The van der Waals surface area contributed by atoms with Gasteiger partial charge in [-0.2, -0.15) is 0 Å². The van der Waals surface area contributed by atoms with E-state index in [1.165, 1.54) is 0 Å². The number of carbonyl (C=O) groups is 1. The summed E-state index contributed by atoms with van der Waals surface area (Å²) in [5, 5.41) is 6.19. The van der Waals surface area contributed by atoms with E-state index in [0.717, 1.165) is 12.0 Å². The lowest BCUT2D eigenvalue weighted by atomic mass is 10.1. The largest absolute Gasteiger partial charge is 0.495 e. The third kappa shape index (κ3) is 4.99. The summed E-state index contributed by atoms with van der Waals surface area (Å²) in [4.78, 5) is 11.7. The highest BCUT2D eigenvalue weighted by atomic mass is 35.5. The summed E-state index contributed by atoms with van der Waals surface area (Å²) in [7, 11) is 1.54. The monoisotopic (exact) mass is 284 g/mol. The summed E-state index contributed by atoms with van der Waals surface area (Å²) in [5.74, 6) is 1.11. The molecule has 4 nitrogen and oxygen atoms in total. The second-order valence-electron chi connectivity index (χ2n) is 4.87. The van der Waals surface area contributed by atoms with E-state index >= 15 is 0 Å². The van der Waals surface area contributed by atoms with Gasteiger partial charge < -0.3 is 15.4 Å². The third-order valence-corrected chi connectivity index (χ3v) is 3.14. The Morgan fingerprint density at radius 3 is 2.68 bits per heavy atom. The number of carbonyl (C=O) groups excluding carboxylic acids is 1. The average molecular weight is 285 g/mol. The van der Waals surface area contributed by atoms with Gasteiger partial charge in [-0.1, -0.05) is 25.4 Å². The standard InChI is InChI=1S/C14H21ClN2O2/c1-9(2)5-6-16-14(18)17-12-7-10(3)11(15)8-13(12)19-4/h7-9H,5-6H2,1-4H3,(H2,16,17,18). The van der Waals surface area contributed by atoms with Crippen molar-refractivity contribution in [2.45, 2.75) is 27.2 Å². The molecule has 0 saturated carbocycles. The fourth-order valence-electron chi connectivity index (χ4n) is 1.57. The Hall–Kier alpha value is -1.42. The first kappa shape index (κ1) is 15.6. The van der Waals surface area contributed by atoms with Gasteiger partial charge in [-0.25, -0.2) is 4.79 Å². The molecule has 0 saturated heterocycles. The lowest BCUT2D eigenvalue weighted by Gasteiger charge is -2.13. The number of aryl methyl sites for hydroxylation is 1. The Balaban J connectivity index is 2.65. The minimum atomic E-state index is -0.235. The molecule has 1 aromatic rings. The highest BCUT2D eigenvalue weighted by Crippen LogP contribution is 2.30. The van der Waals surface area contributed by atoms with Crippen LogP contribution < -0.4 is 15.4 Å². The quantitative estimate of drug-likeness (QED) is 0.863. The van der Waals surface area contributed by atoms with E-state index in [2.05, 4.69) is 24.5 Å². The molecule has 0 atom stereocenters. The maximum atomic E-state index is 11.7. The van der Waals surface area contributed by atoms with Crippen LogP contribution in [0.5, 0.6) is 5.75 Å². The van der Waals surface area contributed by atoms with Crippen LogP contribution in [0.3, 0.4) is 0 Å². The van der Waals surface area contributed by atoms with Crippen molar-refractivity contribution in [3.05, 3.63) is 22.7 Å². The van der Waals surface area contributed by atoms with Gasteiger partial charge >= 0.3 is 6.03 Å². The van der Waals surface area contributed by atoms with Crippen LogP contribution in [0.4, 0.5) is 10.5 Å². The van der Waals surface area contributed by atoms with Gasteiger partial charge in [0.2, 0.25) is 0 Å². The highest BCUT2D eigenvalue weighted by Gasteiger charge is 2.10. The van der Waals surface area contributed by atoms with E-state index in [9.17, 15) is 4.79 Å². The van der Waals surface area contributed by atoms with E-state index < -0.39 is 0 Å². The van der Waals surface area contributed by atoms with E-state index in [-0.39, 0.29) is 6.03 Å². The summed E-state index contributed by atoms with van der Waals surface area (Å²) in [5.41, 5.74) is 1.51. The van der Waals surface area contributed by atoms with Crippen LogP contribution in [0.2, 0.25) is 5.02 Å². The Labute approximate surface area is 119 Å². The molecule has 0 radical (unpaired) electrons. The normalized spacial score (nSPS) is 10.4. The number of halogens is 1. The second-order valence-corrected chi connectivity index (χ2v) is 5.27. The fraction of sp³-hybridized carbons (Fsp3) is 0.500. The number of rotatable bonds is 5. The van der Waals surface area contributed by atoms with Crippen molar-refractivity contribution in [1.82, 2.24) is 5.32 Å². The van der Waals surface area contributed by atoms with Crippen LogP contribution in [0.15, 0.2) is 12.1 Å². The second kappa shape index (κ2) is 7.24. The molecule has 106 valence electrons. The number of methoxy groups -OCH3 is 1. The number of hydrogen-bond donors (Lipinski definition) is 2. The van der Waals surface area contributed by atoms with Crippen LogP contribution >= 0.6 is 11.6 Å². The first-order chi connectivity index (χ1) is 8.93. The summed E-state index contributed by atoms with van der Waals surface area (Å²) < 4.78 is 5.20. The smallest absolute Gasteiger partial charge is 0.319 e. The first-order valence-corrected chi connectivity index (χ1v) is 6.70. The van der Waals surface area contributed by atoms with Gasteiger partial charge in [0.15, 0.2) is 0 Å². The van der Waals surface area contributed by atoms with Crippen LogP contribution in [0, 0.1) is 12.8 Å². The Bertz CT molecular complexity index is 447. The molecule has 0 bridgehead atoms. The van der Waals surface area contributed by atoms with E-state index in [4.69, 9.17) is 16.3 Å². The lowest BCUT2D eigenvalue weighted by molar-refractivity contribution is 0.251. The molecule has 0 aliphatic rings. The summed E-state index contributed by atoms with van der Waals surface area (Å²) in [6, 6.07) is 3.25. The highest BCUT2D eigenvalue weighted by molar-refractivity contribution is 6.31. The molecule has 1 rings (SSSR count). The molecule has 19 heavy (non-hydrogen) atoms. The molecular weight excluding hydrogens is 264 g/mol. The average Bonchev–Trinajstić information content (AvgIpc) is 2.33. The van der Waals surface area contributed by atoms with Crippen molar-refractivity contribution in [3.8, 4) is 5.75 Å². The van der Waals surface area contributed by atoms with E-state index in [1.54, 1.807) is 19.2 Å². The number of hydrogen-bond acceptors (Lipinski definition) is 2. The van der Waals surface area contributed by atoms with Crippen molar-refractivity contribution in [3.63, 3.8) is 0 Å². The van der Waals surface area contributed by atoms with Gasteiger partial charge in [-0.3, -0.25) is 0 Å². The van der Waals surface area contributed by atoms with E-state index in [1.807, 2.05) is 6.92 Å². The van der Waals surface area contributed by atoms with Gasteiger partial charge in [-0.05, 0) is 30.9 Å². The molecular formula is C14H21ClN2O2. The van der Waals surface area contributed by atoms with Gasteiger partial charge in [0.25, 0.3) is 0 Å². The van der Waals surface area contributed by atoms with E-state index in [0.29, 0.717) is 28.9 Å². The molecule has 2 N–H and O–H groups in total. The molecule has 0 aliphatic carbocycles. The maximum absolute atomic E-state index is 11.7. The Morgan fingerprint density at radius 2 is 2.11 bits per heavy atom. The number of nitrogens with one attached hydrogen (secondary N) is 2. The SMILES string of the molecule is COc1cc(Cl)c(C)cc1NC(=O)NCCC(C)C. The zero-order valence-electron chi connectivity index (χ0n) is 11.8. The minimum absolute atomic E-state index is 0.235. The predicted octanol–water partition coefficient (Wildman–Crippen LogP) is 3.82. The van der Waals surface area contributed by atoms with Gasteiger partial charge in [0.1, 0.15) is 5.75 Å². The van der Waals surface area contributed by atoms with Crippen LogP contribution in [0.1, 0.15) is 25.8 Å². The summed E-state index contributed by atoms with van der Waals surface area (Å²) in [6.45, 7) is 6.76. The molecule has 0 aliphatic heterocycles. The molecule has 0 heterocycles. The maximum Gasteiger partial charge on any atom is 0.319 e. The van der Waals surface area contributed by atoms with Crippen molar-refractivity contribution in [1.29, 1.82) is 0 Å². The van der Waals surface area contributed by atoms with Crippen molar-refractivity contribution >= 4 is 23.3 Å². The number of ether oxygens (including phenoxy) is 1. The molecule has 0 aromatic heterocycles. The fourth-order valence-corrected chi connectivity index (χ4v) is 1.72. The molecule has 2 amide bonds. The summed E-state index contributed by atoms with van der Waals surface area (Å²) >= 11 is 6.01. The van der Waals surface area contributed by atoms with Gasteiger partial charge in [0.05, 0.1) is 12.8 Å². The number of amides is 2. The van der Waals surface area contributed by atoms with Crippen molar-refractivity contribution in [2.24, 2.45) is 5.92 Å². The van der Waals surface area contributed by atoms with Crippen molar-refractivity contribution < 1.29 is 9.53 Å². The van der Waals surface area contributed by atoms with Crippen LogP contribution in [-0.2, 0) is 0 Å². The molecule has 5 heteroatoms. The summed E-state index contributed by atoms with van der Waals surface area (Å²) in [6.07, 6.45) is 0.949. The Morgan fingerprint density at radius 1 is 1.42 bits per heavy atom. The predicted molar refractivity (Wildman–Crippen MR) is 79.2 cm³/mol. The number of anilines is 1. The van der Waals surface area contributed by atoms with Gasteiger partial charge in [0, 0.05) is 17.6 Å². The van der Waals surface area contributed by atoms with Gasteiger partial charge in [-0.15, -0.1) is 0 Å². The van der Waals surface area contributed by atoms with Crippen molar-refractivity contribution in [2.75, 3.05) is 19.0 Å². The van der Waals surface area contributed by atoms with Crippen LogP contribution in [0.25, 0.3) is 0 Å². The molecule has 0 spiro atoms. The first-order valence-electron chi connectivity index (χ1n) is 6.33. The number of benzene rings is 1. The molecule has 1 aromatic carbocycles. The lowest BCUT2D eigenvalue weighted by Crippen LogP contribution is -2.30. The minimum Gasteiger partial charge on any atom is -0.495 e. The zero-order chi connectivity index (χ0) is 14.4.